The second-order valence-corrected chi connectivity index (χ2v) is 5.05. The number of carbonyl (C=O) groups is 1. The van der Waals surface area contributed by atoms with Crippen LogP contribution >= 0.6 is 0 Å². The third kappa shape index (κ3) is 4.62. The van der Waals surface area contributed by atoms with E-state index in [1.54, 1.807) is 32.9 Å². The summed E-state index contributed by atoms with van der Waals surface area (Å²) in [5, 5.41) is 0. The van der Waals surface area contributed by atoms with Gasteiger partial charge in [-0.25, -0.2) is 4.79 Å². The molecule has 0 saturated heterocycles. The Kier molecular flexibility index (Phi) is 4.54. The topological polar surface area (TPSA) is 35.5 Å². The molecular formula is C15H20O3. The molecule has 0 aliphatic heterocycles. The molecule has 3 nitrogen and oxygen atoms in total. The number of hydrogen-bond acceptors (Lipinski definition) is 3. The van der Waals surface area contributed by atoms with Crippen LogP contribution < -0.4 is 4.74 Å². The highest BCUT2D eigenvalue weighted by Crippen LogP contribution is 2.20. The average molecular weight is 248 g/mol. The fraction of sp³-hybridized carbons (Fsp3) is 0.400. The lowest BCUT2D eigenvalue weighted by atomic mass is 10.1. The first kappa shape index (κ1) is 14.3. The molecule has 0 fully saturated rings. The first-order chi connectivity index (χ1) is 8.31. The number of carbonyl (C=O) groups excluding carboxylic acids is 1. The van der Waals surface area contributed by atoms with E-state index in [-0.39, 0.29) is 0 Å². The summed E-state index contributed by atoms with van der Waals surface area (Å²) >= 11 is 0. The van der Waals surface area contributed by atoms with Crippen LogP contribution in [-0.4, -0.2) is 11.8 Å². The molecule has 0 radical (unpaired) electrons. The Hall–Kier alpha value is -1.77. The highest BCUT2D eigenvalue weighted by Gasteiger charge is 2.17. The van der Waals surface area contributed by atoms with Crippen LogP contribution in [0.5, 0.6) is 5.75 Å². The smallest absolute Gasteiger partial charge is 0.428 e. The molecule has 1 aromatic carbocycles. The van der Waals surface area contributed by atoms with Crippen molar-refractivity contribution in [2.24, 2.45) is 0 Å². The Morgan fingerprint density at radius 3 is 2.22 bits per heavy atom. The van der Waals surface area contributed by atoms with Crippen LogP contribution in [0.4, 0.5) is 4.79 Å². The maximum atomic E-state index is 11.4. The predicted molar refractivity (Wildman–Crippen MR) is 72.6 cm³/mol. The van der Waals surface area contributed by atoms with E-state index in [0.717, 1.165) is 17.6 Å². The molecule has 0 aromatic heterocycles. The SMILES string of the molecule is C=C(CC)c1ccc(OC(=O)OC(C)(C)C)cc1. The van der Waals surface area contributed by atoms with Crippen molar-refractivity contribution in [3.63, 3.8) is 0 Å². The van der Waals surface area contributed by atoms with Crippen LogP contribution in [0.25, 0.3) is 5.57 Å². The zero-order valence-corrected chi connectivity index (χ0v) is 11.4. The molecule has 0 heterocycles. The van der Waals surface area contributed by atoms with E-state index in [1.807, 2.05) is 19.1 Å². The summed E-state index contributed by atoms with van der Waals surface area (Å²) in [5.41, 5.74) is 1.56. The molecule has 1 aromatic rings. The van der Waals surface area contributed by atoms with Gasteiger partial charge in [-0.05, 0) is 50.5 Å². The van der Waals surface area contributed by atoms with E-state index in [1.165, 1.54) is 0 Å². The summed E-state index contributed by atoms with van der Waals surface area (Å²) in [6.07, 6.45) is 0.205. The van der Waals surface area contributed by atoms with E-state index >= 15 is 0 Å². The molecule has 1 rings (SSSR count). The van der Waals surface area contributed by atoms with Gasteiger partial charge in [0.05, 0.1) is 0 Å². The molecule has 3 heteroatoms. The van der Waals surface area contributed by atoms with Gasteiger partial charge in [0.2, 0.25) is 0 Å². The molecule has 0 aliphatic carbocycles. The van der Waals surface area contributed by atoms with Crippen LogP contribution in [0.1, 0.15) is 39.7 Å². The first-order valence-corrected chi connectivity index (χ1v) is 6.01. The molecular weight excluding hydrogens is 228 g/mol. The van der Waals surface area contributed by atoms with Crippen LogP contribution in [-0.2, 0) is 4.74 Å². The maximum Gasteiger partial charge on any atom is 0.514 e. The van der Waals surface area contributed by atoms with Gasteiger partial charge in [0, 0.05) is 0 Å². The first-order valence-electron chi connectivity index (χ1n) is 6.01. The Morgan fingerprint density at radius 2 is 1.78 bits per heavy atom. The summed E-state index contributed by atoms with van der Waals surface area (Å²) in [6, 6.07) is 7.23. The van der Waals surface area contributed by atoms with Gasteiger partial charge in [-0.2, -0.15) is 0 Å². The minimum Gasteiger partial charge on any atom is -0.428 e. The van der Waals surface area contributed by atoms with Crippen molar-refractivity contribution in [1.82, 2.24) is 0 Å². The molecule has 0 amide bonds. The van der Waals surface area contributed by atoms with Gasteiger partial charge in [-0.3, -0.25) is 0 Å². The quantitative estimate of drug-likeness (QED) is 0.586. The van der Waals surface area contributed by atoms with Gasteiger partial charge in [0.25, 0.3) is 0 Å². The fourth-order valence-corrected chi connectivity index (χ4v) is 1.33. The Bertz CT molecular complexity index is 424. The molecule has 98 valence electrons. The Balaban J connectivity index is 2.64. The summed E-state index contributed by atoms with van der Waals surface area (Å²) in [4.78, 5) is 11.4. The minimum absolute atomic E-state index is 0.469. The summed E-state index contributed by atoms with van der Waals surface area (Å²) in [7, 11) is 0. The fourth-order valence-electron chi connectivity index (χ4n) is 1.33. The van der Waals surface area contributed by atoms with E-state index in [4.69, 9.17) is 9.47 Å². The molecule has 0 atom stereocenters. The molecule has 0 unspecified atom stereocenters. The molecule has 18 heavy (non-hydrogen) atoms. The van der Waals surface area contributed by atoms with Crippen molar-refractivity contribution in [3.05, 3.63) is 36.4 Å². The lowest BCUT2D eigenvalue weighted by molar-refractivity contribution is 0.0206. The van der Waals surface area contributed by atoms with Crippen LogP contribution in [0.2, 0.25) is 0 Å². The molecule has 0 N–H and O–H groups in total. The summed E-state index contributed by atoms with van der Waals surface area (Å²) < 4.78 is 10.1. The average Bonchev–Trinajstić information content (AvgIpc) is 2.26. The van der Waals surface area contributed by atoms with Crippen LogP contribution in [0.3, 0.4) is 0 Å². The van der Waals surface area contributed by atoms with Gasteiger partial charge >= 0.3 is 6.16 Å². The maximum absolute atomic E-state index is 11.4. The molecule has 0 spiro atoms. The second kappa shape index (κ2) is 5.71. The summed E-state index contributed by atoms with van der Waals surface area (Å²) in [6.45, 7) is 11.4. The number of hydrogen-bond donors (Lipinski definition) is 0. The number of allylic oxidation sites excluding steroid dienone is 1. The van der Waals surface area contributed by atoms with E-state index in [2.05, 4.69) is 6.58 Å². The van der Waals surface area contributed by atoms with Crippen LogP contribution in [0, 0.1) is 0 Å². The zero-order chi connectivity index (χ0) is 13.8. The monoisotopic (exact) mass is 248 g/mol. The third-order valence-electron chi connectivity index (χ3n) is 2.28. The molecule has 0 bridgehead atoms. The number of benzene rings is 1. The van der Waals surface area contributed by atoms with Gasteiger partial charge < -0.3 is 9.47 Å². The highest BCUT2D eigenvalue weighted by atomic mass is 16.7. The van der Waals surface area contributed by atoms with Crippen LogP contribution in [0.15, 0.2) is 30.8 Å². The van der Waals surface area contributed by atoms with Crippen molar-refractivity contribution >= 4 is 11.7 Å². The zero-order valence-electron chi connectivity index (χ0n) is 11.4. The van der Waals surface area contributed by atoms with Crippen molar-refractivity contribution in [2.75, 3.05) is 0 Å². The standard InChI is InChI=1S/C15H20O3/c1-6-11(2)12-7-9-13(10-8-12)17-14(16)18-15(3,4)5/h7-10H,2,6H2,1,3-5H3. The van der Waals surface area contributed by atoms with Gasteiger partial charge in [-0.15, -0.1) is 0 Å². The number of ether oxygens (including phenoxy) is 2. The molecule has 0 aliphatic rings. The molecule has 0 saturated carbocycles. The Morgan fingerprint density at radius 1 is 1.22 bits per heavy atom. The lowest BCUT2D eigenvalue weighted by Gasteiger charge is -2.18. The van der Waals surface area contributed by atoms with Crippen molar-refractivity contribution < 1.29 is 14.3 Å². The van der Waals surface area contributed by atoms with Crippen molar-refractivity contribution in [3.8, 4) is 5.75 Å². The van der Waals surface area contributed by atoms with E-state index in [9.17, 15) is 4.79 Å². The second-order valence-electron chi connectivity index (χ2n) is 5.05. The normalized spacial score (nSPS) is 10.9. The highest BCUT2D eigenvalue weighted by molar-refractivity contribution is 5.66. The van der Waals surface area contributed by atoms with E-state index < -0.39 is 11.8 Å². The number of rotatable bonds is 3. The largest absolute Gasteiger partial charge is 0.514 e. The minimum atomic E-state index is -0.690. The Labute approximate surface area is 108 Å². The summed E-state index contributed by atoms with van der Waals surface area (Å²) in [5.74, 6) is 0.469. The third-order valence-corrected chi connectivity index (χ3v) is 2.28. The van der Waals surface area contributed by atoms with E-state index in [0.29, 0.717) is 5.75 Å². The lowest BCUT2D eigenvalue weighted by Crippen LogP contribution is -2.25. The van der Waals surface area contributed by atoms with Crippen molar-refractivity contribution in [2.45, 2.75) is 39.7 Å². The van der Waals surface area contributed by atoms with Gasteiger partial charge in [0.1, 0.15) is 11.4 Å². The van der Waals surface area contributed by atoms with Gasteiger partial charge in [-0.1, -0.05) is 25.6 Å². The van der Waals surface area contributed by atoms with Gasteiger partial charge in [0.15, 0.2) is 0 Å². The van der Waals surface area contributed by atoms with Crippen molar-refractivity contribution in [1.29, 1.82) is 0 Å². The predicted octanol–water partition coefficient (Wildman–Crippen LogP) is 4.42.